The van der Waals surface area contributed by atoms with Gasteiger partial charge >= 0.3 is 6.03 Å². The zero-order chi connectivity index (χ0) is 15.3. The first kappa shape index (κ1) is 16.4. The van der Waals surface area contributed by atoms with E-state index in [-0.39, 0.29) is 18.4 Å². The molecular weight excluding hydrogens is 259 g/mol. The molecule has 4 nitrogen and oxygen atoms in total. The highest BCUT2D eigenvalue weighted by Gasteiger charge is 2.18. The summed E-state index contributed by atoms with van der Waals surface area (Å²) in [6, 6.07) is 4.41. The van der Waals surface area contributed by atoms with Crippen LogP contribution in [0.4, 0.5) is 9.18 Å². The van der Waals surface area contributed by atoms with Crippen molar-refractivity contribution in [2.75, 3.05) is 20.1 Å². The number of halogens is 1. The summed E-state index contributed by atoms with van der Waals surface area (Å²) in [7, 11) is 1.64. The molecule has 0 atom stereocenters. The van der Waals surface area contributed by atoms with Crippen LogP contribution in [-0.4, -0.2) is 41.8 Å². The second kappa shape index (κ2) is 6.70. The zero-order valence-corrected chi connectivity index (χ0v) is 12.5. The Bertz CT molecular complexity index is 469. The maximum atomic E-state index is 13.0. The molecule has 1 aromatic carbocycles. The van der Waals surface area contributed by atoms with Gasteiger partial charge in [-0.1, -0.05) is 6.07 Å². The molecule has 2 N–H and O–H groups in total. The monoisotopic (exact) mass is 282 g/mol. The molecule has 2 amide bonds. The number of rotatable bonds is 5. The number of hydrogen-bond donors (Lipinski definition) is 2. The van der Waals surface area contributed by atoms with E-state index in [1.54, 1.807) is 27.0 Å². The second-order valence-electron chi connectivity index (χ2n) is 5.72. The lowest BCUT2D eigenvalue weighted by Crippen LogP contribution is -2.45. The van der Waals surface area contributed by atoms with Gasteiger partial charge in [-0.3, -0.25) is 0 Å². The Morgan fingerprint density at radius 3 is 2.65 bits per heavy atom. The summed E-state index contributed by atoms with van der Waals surface area (Å²) < 4.78 is 13.0. The number of benzene rings is 1. The van der Waals surface area contributed by atoms with Gasteiger partial charge in [0, 0.05) is 13.6 Å². The molecule has 1 rings (SSSR count). The molecule has 1 aromatic rings. The highest BCUT2D eigenvalue weighted by Crippen LogP contribution is 2.10. The third-order valence-corrected chi connectivity index (χ3v) is 2.95. The minimum absolute atomic E-state index is 0.230. The Kier molecular flexibility index (Phi) is 5.51. The third kappa shape index (κ3) is 5.57. The van der Waals surface area contributed by atoms with Crippen LogP contribution in [0.15, 0.2) is 18.2 Å². The molecule has 5 heteroatoms. The molecule has 0 heterocycles. The number of nitrogens with zero attached hydrogens (tertiary/aromatic N) is 1. The molecule has 0 unspecified atom stereocenters. The van der Waals surface area contributed by atoms with Gasteiger partial charge in [-0.25, -0.2) is 9.18 Å². The van der Waals surface area contributed by atoms with Crippen LogP contribution in [0.1, 0.15) is 25.0 Å². The molecule has 0 spiro atoms. The third-order valence-electron chi connectivity index (χ3n) is 2.95. The van der Waals surface area contributed by atoms with Gasteiger partial charge in [-0.05, 0) is 50.5 Å². The Labute approximate surface area is 119 Å². The van der Waals surface area contributed by atoms with E-state index in [4.69, 9.17) is 0 Å². The SMILES string of the molecule is Cc1cc(F)ccc1CCNC(=O)N(C)CC(C)(C)O. The van der Waals surface area contributed by atoms with Crippen LogP contribution >= 0.6 is 0 Å². The Hall–Kier alpha value is -1.62. The van der Waals surface area contributed by atoms with E-state index in [0.29, 0.717) is 13.0 Å². The van der Waals surface area contributed by atoms with Gasteiger partial charge < -0.3 is 15.3 Å². The van der Waals surface area contributed by atoms with Gasteiger partial charge in [-0.15, -0.1) is 0 Å². The topological polar surface area (TPSA) is 52.6 Å². The predicted octanol–water partition coefficient (Wildman–Crippen LogP) is 2.09. The number of nitrogens with one attached hydrogen (secondary N) is 1. The highest BCUT2D eigenvalue weighted by atomic mass is 19.1. The van der Waals surface area contributed by atoms with E-state index in [0.717, 1.165) is 11.1 Å². The van der Waals surface area contributed by atoms with Crippen LogP contribution in [0.3, 0.4) is 0 Å². The molecule has 0 aliphatic heterocycles. The molecule has 0 fully saturated rings. The normalized spacial score (nSPS) is 11.3. The molecule has 20 heavy (non-hydrogen) atoms. The fourth-order valence-corrected chi connectivity index (χ4v) is 2.03. The largest absolute Gasteiger partial charge is 0.389 e. The van der Waals surface area contributed by atoms with Crippen LogP contribution in [0.25, 0.3) is 0 Å². The fourth-order valence-electron chi connectivity index (χ4n) is 2.03. The number of urea groups is 1. The Balaban J connectivity index is 2.42. The van der Waals surface area contributed by atoms with E-state index in [9.17, 15) is 14.3 Å². The van der Waals surface area contributed by atoms with Crippen molar-refractivity contribution in [1.82, 2.24) is 10.2 Å². The molecule has 112 valence electrons. The smallest absolute Gasteiger partial charge is 0.317 e. The lowest BCUT2D eigenvalue weighted by molar-refractivity contribution is 0.0532. The van der Waals surface area contributed by atoms with Crippen LogP contribution in [0.2, 0.25) is 0 Å². The standard InChI is InChI=1S/C15H23FN2O2/c1-11-9-13(16)6-5-12(11)7-8-17-14(19)18(4)10-15(2,3)20/h5-6,9,20H,7-8,10H2,1-4H3,(H,17,19). The molecule has 0 saturated heterocycles. The molecule has 0 bridgehead atoms. The van der Waals surface area contributed by atoms with Crippen LogP contribution in [0, 0.1) is 12.7 Å². The number of carbonyl (C=O) groups excluding carboxylic acids is 1. The second-order valence-corrected chi connectivity index (χ2v) is 5.72. The number of amides is 2. The summed E-state index contributed by atoms with van der Waals surface area (Å²) in [5, 5.41) is 12.4. The Morgan fingerprint density at radius 2 is 2.10 bits per heavy atom. The van der Waals surface area contributed by atoms with E-state index in [1.165, 1.54) is 17.0 Å². The van der Waals surface area contributed by atoms with Crippen LogP contribution < -0.4 is 5.32 Å². The van der Waals surface area contributed by atoms with Crippen LogP contribution in [0.5, 0.6) is 0 Å². The van der Waals surface area contributed by atoms with Crippen molar-refractivity contribution in [1.29, 1.82) is 0 Å². The molecule has 0 radical (unpaired) electrons. The summed E-state index contributed by atoms with van der Waals surface area (Å²) in [6.45, 7) is 5.88. The predicted molar refractivity (Wildman–Crippen MR) is 77.2 cm³/mol. The molecule has 0 aromatic heterocycles. The van der Waals surface area contributed by atoms with E-state index in [2.05, 4.69) is 5.32 Å². The van der Waals surface area contributed by atoms with Crippen molar-refractivity contribution in [3.63, 3.8) is 0 Å². The molecular formula is C15H23FN2O2. The lowest BCUT2D eigenvalue weighted by Gasteiger charge is -2.25. The van der Waals surface area contributed by atoms with Crippen molar-refractivity contribution in [2.45, 2.75) is 32.8 Å². The van der Waals surface area contributed by atoms with Gasteiger partial charge in [0.15, 0.2) is 0 Å². The first-order valence-corrected chi connectivity index (χ1v) is 6.65. The highest BCUT2D eigenvalue weighted by molar-refractivity contribution is 5.73. The molecule has 0 saturated carbocycles. The maximum absolute atomic E-state index is 13.0. The first-order chi connectivity index (χ1) is 9.19. The summed E-state index contributed by atoms with van der Waals surface area (Å²) in [5.41, 5.74) is 0.973. The Morgan fingerprint density at radius 1 is 1.45 bits per heavy atom. The van der Waals surface area contributed by atoms with E-state index in [1.807, 2.05) is 6.92 Å². The zero-order valence-electron chi connectivity index (χ0n) is 12.5. The van der Waals surface area contributed by atoms with Gasteiger partial charge in [0.1, 0.15) is 5.82 Å². The van der Waals surface area contributed by atoms with Crippen LogP contribution in [-0.2, 0) is 6.42 Å². The molecule has 0 aliphatic carbocycles. The van der Waals surface area contributed by atoms with Crippen molar-refractivity contribution in [3.8, 4) is 0 Å². The van der Waals surface area contributed by atoms with Gasteiger partial charge in [0.25, 0.3) is 0 Å². The van der Waals surface area contributed by atoms with Crippen molar-refractivity contribution in [3.05, 3.63) is 35.1 Å². The molecule has 0 aliphatic rings. The van der Waals surface area contributed by atoms with E-state index < -0.39 is 5.60 Å². The minimum Gasteiger partial charge on any atom is -0.389 e. The number of carbonyl (C=O) groups is 1. The first-order valence-electron chi connectivity index (χ1n) is 6.65. The van der Waals surface area contributed by atoms with Gasteiger partial charge in [0.05, 0.1) is 12.1 Å². The average Bonchev–Trinajstić information content (AvgIpc) is 2.29. The van der Waals surface area contributed by atoms with Gasteiger partial charge in [-0.2, -0.15) is 0 Å². The number of aryl methyl sites for hydroxylation is 1. The average molecular weight is 282 g/mol. The van der Waals surface area contributed by atoms with Crippen molar-refractivity contribution >= 4 is 6.03 Å². The summed E-state index contributed by atoms with van der Waals surface area (Å²) in [6.07, 6.45) is 0.647. The maximum Gasteiger partial charge on any atom is 0.317 e. The summed E-state index contributed by atoms with van der Waals surface area (Å²) >= 11 is 0. The number of likely N-dealkylation sites (N-methyl/N-ethyl adjacent to an activating group) is 1. The fraction of sp³-hybridized carbons (Fsp3) is 0.533. The van der Waals surface area contributed by atoms with E-state index >= 15 is 0 Å². The number of aliphatic hydroxyl groups is 1. The van der Waals surface area contributed by atoms with Crippen molar-refractivity contribution < 1.29 is 14.3 Å². The quantitative estimate of drug-likeness (QED) is 0.869. The summed E-state index contributed by atoms with van der Waals surface area (Å²) in [4.78, 5) is 13.2. The van der Waals surface area contributed by atoms with Gasteiger partial charge in [0.2, 0.25) is 0 Å². The number of hydrogen-bond acceptors (Lipinski definition) is 2. The minimum atomic E-state index is -0.917. The van der Waals surface area contributed by atoms with Crippen molar-refractivity contribution in [2.24, 2.45) is 0 Å². The lowest BCUT2D eigenvalue weighted by atomic mass is 10.1. The summed E-state index contributed by atoms with van der Waals surface area (Å²) in [5.74, 6) is -0.250.